The summed E-state index contributed by atoms with van der Waals surface area (Å²) in [4.78, 5) is 27.8. The molecule has 8 heteroatoms. The van der Waals surface area contributed by atoms with Crippen molar-refractivity contribution >= 4 is 40.9 Å². The molecule has 29 heavy (non-hydrogen) atoms. The third-order valence-electron chi connectivity index (χ3n) is 4.59. The maximum atomic E-state index is 13.5. The fraction of sp³-hybridized carbons (Fsp3) is 0.333. The van der Waals surface area contributed by atoms with Crippen molar-refractivity contribution in [3.8, 4) is 5.75 Å². The predicted octanol–water partition coefficient (Wildman–Crippen LogP) is 3.68. The molecule has 154 valence electrons. The Morgan fingerprint density at radius 3 is 2.59 bits per heavy atom. The lowest BCUT2D eigenvalue weighted by atomic mass is 10.1. The Labute approximate surface area is 179 Å². The molecule has 0 aliphatic carbocycles. The van der Waals surface area contributed by atoms with Crippen molar-refractivity contribution in [1.82, 2.24) is 5.32 Å². The Kier molecular flexibility index (Phi) is 7.05. The summed E-state index contributed by atoms with van der Waals surface area (Å²) in [5, 5.41) is 3.16. The molecule has 2 unspecified atom stereocenters. The lowest BCUT2D eigenvalue weighted by molar-refractivity contribution is -0.152. The minimum absolute atomic E-state index is 0.273. The first kappa shape index (κ1) is 21.5. The van der Waals surface area contributed by atoms with E-state index in [-0.39, 0.29) is 5.91 Å². The van der Waals surface area contributed by atoms with Gasteiger partial charge in [0.05, 0.1) is 28.0 Å². The fourth-order valence-electron chi connectivity index (χ4n) is 3.20. The van der Waals surface area contributed by atoms with Crippen LogP contribution in [0.5, 0.6) is 5.75 Å². The number of amides is 1. The summed E-state index contributed by atoms with van der Waals surface area (Å²) in [7, 11) is 3.41. The minimum atomic E-state index is -0.980. The molecule has 2 atom stereocenters. The zero-order valence-corrected chi connectivity index (χ0v) is 18.0. The van der Waals surface area contributed by atoms with E-state index in [1.165, 1.54) is 18.7 Å². The van der Waals surface area contributed by atoms with Gasteiger partial charge in [-0.2, -0.15) is 0 Å². The number of ether oxygens (including phenoxy) is 2. The molecule has 0 saturated carbocycles. The molecule has 0 aromatic heterocycles. The first-order valence-corrected chi connectivity index (χ1v) is 10.4. The zero-order chi connectivity index (χ0) is 21.0. The number of hydrogen-bond acceptors (Lipinski definition) is 6. The highest BCUT2D eigenvalue weighted by atomic mass is 35.5. The molecular weight excluding hydrogens is 412 g/mol. The van der Waals surface area contributed by atoms with Crippen molar-refractivity contribution < 1.29 is 19.1 Å². The molecule has 0 spiro atoms. The zero-order valence-electron chi connectivity index (χ0n) is 16.5. The van der Waals surface area contributed by atoms with E-state index in [1.807, 2.05) is 43.4 Å². The van der Waals surface area contributed by atoms with Crippen LogP contribution in [0.1, 0.15) is 17.7 Å². The van der Waals surface area contributed by atoms with Crippen LogP contribution >= 0.6 is 23.4 Å². The van der Waals surface area contributed by atoms with Gasteiger partial charge in [0, 0.05) is 20.0 Å². The molecule has 1 heterocycles. The summed E-state index contributed by atoms with van der Waals surface area (Å²) in [5.41, 5.74) is 1.56. The number of hydrogen-bond donors (Lipinski definition) is 1. The highest BCUT2D eigenvalue weighted by Gasteiger charge is 2.41. The number of thioether (sulfide) groups is 1. The van der Waals surface area contributed by atoms with Crippen molar-refractivity contribution in [2.75, 3.05) is 32.1 Å². The molecule has 1 N–H and O–H groups in total. The van der Waals surface area contributed by atoms with Gasteiger partial charge in [0.25, 0.3) is 5.91 Å². The van der Waals surface area contributed by atoms with Crippen molar-refractivity contribution in [2.24, 2.45) is 0 Å². The van der Waals surface area contributed by atoms with E-state index in [1.54, 1.807) is 18.1 Å². The summed E-state index contributed by atoms with van der Waals surface area (Å²) in [5.74, 6) is -0.0744. The number of nitrogens with one attached hydrogen (secondary N) is 1. The van der Waals surface area contributed by atoms with E-state index < -0.39 is 17.3 Å². The van der Waals surface area contributed by atoms with Crippen LogP contribution < -0.4 is 15.0 Å². The fourth-order valence-corrected chi connectivity index (χ4v) is 4.82. The van der Waals surface area contributed by atoms with Gasteiger partial charge < -0.3 is 19.7 Å². The Morgan fingerprint density at radius 1 is 1.24 bits per heavy atom. The monoisotopic (exact) mass is 434 g/mol. The number of anilines is 1. The van der Waals surface area contributed by atoms with Crippen LogP contribution in [0.2, 0.25) is 5.02 Å². The number of methoxy groups -OCH3 is 1. The quantitative estimate of drug-likeness (QED) is 0.699. The highest BCUT2D eigenvalue weighted by molar-refractivity contribution is 8.00. The second kappa shape index (κ2) is 9.52. The van der Waals surface area contributed by atoms with Crippen molar-refractivity contribution in [3.63, 3.8) is 0 Å². The van der Waals surface area contributed by atoms with Gasteiger partial charge in [-0.05, 0) is 36.9 Å². The molecule has 1 amide bonds. The van der Waals surface area contributed by atoms with Gasteiger partial charge in [-0.1, -0.05) is 29.8 Å². The number of esters is 1. The van der Waals surface area contributed by atoms with Crippen LogP contribution in [-0.2, 0) is 14.3 Å². The van der Waals surface area contributed by atoms with Gasteiger partial charge in [0.1, 0.15) is 5.75 Å². The van der Waals surface area contributed by atoms with E-state index in [9.17, 15) is 9.59 Å². The Bertz CT molecular complexity index is 891. The van der Waals surface area contributed by atoms with Gasteiger partial charge in [-0.3, -0.25) is 9.59 Å². The van der Waals surface area contributed by atoms with E-state index in [2.05, 4.69) is 5.32 Å². The summed E-state index contributed by atoms with van der Waals surface area (Å²) < 4.78 is 10.8. The average Bonchev–Trinajstić information content (AvgIpc) is 2.82. The Hall–Kier alpha value is -2.22. The van der Waals surface area contributed by atoms with Crippen LogP contribution in [0, 0.1) is 0 Å². The van der Waals surface area contributed by atoms with Crippen molar-refractivity contribution in [2.45, 2.75) is 23.2 Å². The number of carbonyl (C=O) groups excluding carboxylic acids is 2. The molecular formula is C21H23ClN2O4S. The van der Waals surface area contributed by atoms with Crippen molar-refractivity contribution in [3.05, 3.63) is 53.1 Å². The Morgan fingerprint density at radius 2 is 1.97 bits per heavy atom. The first-order valence-electron chi connectivity index (χ1n) is 9.18. The summed E-state index contributed by atoms with van der Waals surface area (Å²) >= 11 is 7.94. The highest BCUT2D eigenvalue weighted by Crippen LogP contribution is 2.49. The number of nitrogens with zero attached hydrogens (tertiary/aromatic N) is 1. The van der Waals surface area contributed by atoms with E-state index in [0.717, 1.165) is 16.1 Å². The second-order valence-electron chi connectivity index (χ2n) is 6.52. The molecule has 2 aromatic carbocycles. The third-order valence-corrected chi connectivity index (χ3v) is 6.45. The largest absolute Gasteiger partial charge is 0.497 e. The number of fused-ring (bicyclic) bond motifs is 1. The Balaban J connectivity index is 2.12. The van der Waals surface area contributed by atoms with E-state index in [4.69, 9.17) is 21.1 Å². The van der Waals surface area contributed by atoms with Crippen LogP contribution in [0.3, 0.4) is 0 Å². The van der Waals surface area contributed by atoms with Gasteiger partial charge in [0.15, 0.2) is 6.10 Å². The average molecular weight is 435 g/mol. The third kappa shape index (κ3) is 4.69. The molecule has 6 nitrogen and oxygen atoms in total. The van der Waals surface area contributed by atoms with E-state index >= 15 is 0 Å². The first-order chi connectivity index (χ1) is 14.0. The SMILES string of the molecule is CNCCN1C(=O)C(OC(C)=O)C(c2ccc(OC)cc2)Sc2c(Cl)cccc21. The van der Waals surface area contributed by atoms with Crippen molar-refractivity contribution in [1.29, 1.82) is 0 Å². The van der Waals surface area contributed by atoms with Crippen LogP contribution in [0.25, 0.3) is 0 Å². The molecule has 0 fully saturated rings. The molecule has 1 aliphatic heterocycles. The molecule has 0 saturated heterocycles. The maximum Gasteiger partial charge on any atom is 0.303 e. The molecule has 1 aliphatic rings. The standard InChI is InChI=1S/C21H23ClN2O4S/c1-13(25)28-18-19(14-7-9-15(27-3)10-8-14)29-20-16(22)5-4-6-17(20)24(21(18)26)12-11-23-2/h4-10,18-19,23H,11-12H2,1-3H3. The predicted molar refractivity (Wildman–Crippen MR) is 115 cm³/mol. The van der Waals surface area contributed by atoms with Gasteiger partial charge in [0.2, 0.25) is 0 Å². The van der Waals surface area contributed by atoms with Crippen LogP contribution in [0.15, 0.2) is 47.4 Å². The van der Waals surface area contributed by atoms with Gasteiger partial charge in [-0.25, -0.2) is 0 Å². The van der Waals surface area contributed by atoms with Gasteiger partial charge in [-0.15, -0.1) is 11.8 Å². The topological polar surface area (TPSA) is 67.9 Å². The number of likely N-dealkylation sites (N-methyl/N-ethyl adjacent to an activating group) is 1. The minimum Gasteiger partial charge on any atom is -0.497 e. The summed E-state index contributed by atoms with van der Waals surface area (Å²) in [6.45, 7) is 2.32. The molecule has 0 bridgehead atoms. The maximum absolute atomic E-state index is 13.5. The summed E-state index contributed by atoms with van der Waals surface area (Å²) in [6.07, 6.45) is -0.980. The van der Waals surface area contributed by atoms with E-state index in [0.29, 0.717) is 23.9 Å². The number of halogens is 1. The van der Waals surface area contributed by atoms with Gasteiger partial charge >= 0.3 is 5.97 Å². The number of carbonyl (C=O) groups is 2. The lowest BCUT2D eigenvalue weighted by Crippen LogP contribution is -2.45. The normalized spacial score (nSPS) is 18.8. The van der Waals surface area contributed by atoms with Crippen LogP contribution in [0.4, 0.5) is 5.69 Å². The summed E-state index contributed by atoms with van der Waals surface area (Å²) in [6, 6.07) is 12.9. The van der Waals surface area contributed by atoms with Crippen LogP contribution in [-0.4, -0.2) is 45.2 Å². The number of benzene rings is 2. The molecule has 2 aromatic rings. The lowest BCUT2D eigenvalue weighted by Gasteiger charge is -2.27. The smallest absolute Gasteiger partial charge is 0.303 e. The second-order valence-corrected chi connectivity index (χ2v) is 8.08. The number of rotatable bonds is 6. The molecule has 3 rings (SSSR count). The molecule has 0 radical (unpaired) electrons.